The first-order chi connectivity index (χ1) is 11.5. The van der Waals surface area contributed by atoms with Crippen LogP contribution in [-0.4, -0.2) is 16.4 Å². The summed E-state index contributed by atoms with van der Waals surface area (Å²) in [5.74, 6) is -0.216. The standard InChI is InChI=1S/C20H14ClIO2/c21-20(19(24)16-4-2-1-3-5-16)12-10-15(11-13-20)18(23)14-6-8-17(22)9-7-14/h1-12H,13H2. The van der Waals surface area contributed by atoms with Crippen LogP contribution in [0.5, 0.6) is 0 Å². The molecule has 0 bridgehead atoms. The number of Topliss-reactive ketones (excluding diaryl/α,β-unsaturated/α-hetero) is 2. The molecular weight excluding hydrogens is 435 g/mol. The van der Waals surface area contributed by atoms with Gasteiger partial charge >= 0.3 is 0 Å². The Balaban J connectivity index is 1.79. The Morgan fingerprint density at radius 3 is 2.21 bits per heavy atom. The maximum absolute atomic E-state index is 12.6. The van der Waals surface area contributed by atoms with E-state index < -0.39 is 4.87 Å². The third kappa shape index (κ3) is 3.52. The van der Waals surface area contributed by atoms with Crippen molar-refractivity contribution in [3.8, 4) is 0 Å². The van der Waals surface area contributed by atoms with Crippen LogP contribution in [-0.2, 0) is 0 Å². The summed E-state index contributed by atoms with van der Waals surface area (Å²) in [6.45, 7) is 0. The van der Waals surface area contributed by atoms with E-state index in [1.807, 2.05) is 30.3 Å². The molecule has 0 N–H and O–H groups in total. The van der Waals surface area contributed by atoms with Crippen LogP contribution in [0.1, 0.15) is 27.1 Å². The van der Waals surface area contributed by atoms with Gasteiger partial charge in [0.15, 0.2) is 11.6 Å². The van der Waals surface area contributed by atoms with E-state index >= 15 is 0 Å². The second kappa shape index (κ2) is 7.03. The van der Waals surface area contributed by atoms with Gasteiger partial charge in [-0.2, -0.15) is 0 Å². The highest BCUT2D eigenvalue weighted by molar-refractivity contribution is 14.1. The van der Waals surface area contributed by atoms with E-state index in [1.165, 1.54) is 0 Å². The molecular formula is C20H14ClIO2. The molecule has 1 atom stereocenters. The maximum Gasteiger partial charge on any atom is 0.192 e. The molecule has 0 heterocycles. The predicted octanol–water partition coefficient (Wildman–Crippen LogP) is 5.22. The van der Waals surface area contributed by atoms with Gasteiger partial charge in [-0.15, -0.1) is 11.6 Å². The fourth-order valence-corrected chi connectivity index (χ4v) is 3.16. The number of hydrogen-bond donors (Lipinski definition) is 0. The van der Waals surface area contributed by atoms with Gasteiger partial charge in [0.2, 0.25) is 0 Å². The number of carbonyl (C=O) groups excluding carboxylic acids is 2. The van der Waals surface area contributed by atoms with Gasteiger partial charge in [-0.3, -0.25) is 9.59 Å². The van der Waals surface area contributed by atoms with Gasteiger partial charge in [-0.1, -0.05) is 48.6 Å². The molecule has 0 amide bonds. The molecule has 2 nitrogen and oxygen atoms in total. The van der Waals surface area contributed by atoms with Gasteiger partial charge in [0.05, 0.1) is 0 Å². The van der Waals surface area contributed by atoms with Crippen molar-refractivity contribution in [3.63, 3.8) is 0 Å². The highest BCUT2D eigenvalue weighted by atomic mass is 127. The smallest absolute Gasteiger partial charge is 0.192 e. The molecule has 0 aliphatic heterocycles. The van der Waals surface area contributed by atoms with Crippen LogP contribution in [0.3, 0.4) is 0 Å². The molecule has 0 spiro atoms. The molecule has 24 heavy (non-hydrogen) atoms. The Bertz CT molecular complexity index is 838. The molecule has 4 heteroatoms. The van der Waals surface area contributed by atoms with Gasteiger partial charge in [-0.05, 0) is 53.3 Å². The molecule has 0 fully saturated rings. The van der Waals surface area contributed by atoms with Crippen LogP contribution in [0.15, 0.2) is 78.4 Å². The van der Waals surface area contributed by atoms with Gasteiger partial charge in [0.25, 0.3) is 0 Å². The lowest BCUT2D eigenvalue weighted by Crippen LogP contribution is -2.31. The molecule has 2 aromatic rings. The fourth-order valence-electron chi connectivity index (χ4n) is 2.55. The number of allylic oxidation sites excluding steroid dienone is 4. The quantitative estimate of drug-likeness (QED) is 0.365. The Morgan fingerprint density at radius 1 is 0.958 bits per heavy atom. The SMILES string of the molecule is O=C(C1=CCC(Cl)(C(=O)c2ccccc2)C=C1)c1ccc(I)cc1. The number of rotatable bonds is 4. The average Bonchev–Trinajstić information content (AvgIpc) is 2.62. The summed E-state index contributed by atoms with van der Waals surface area (Å²) in [7, 11) is 0. The van der Waals surface area contributed by atoms with Crippen molar-refractivity contribution in [1.82, 2.24) is 0 Å². The summed E-state index contributed by atoms with van der Waals surface area (Å²) in [5.41, 5.74) is 1.76. The Hall–Kier alpha value is -1.72. The average molecular weight is 449 g/mol. The van der Waals surface area contributed by atoms with Gasteiger partial charge < -0.3 is 0 Å². The first-order valence-electron chi connectivity index (χ1n) is 7.48. The van der Waals surface area contributed by atoms with Crippen LogP contribution < -0.4 is 0 Å². The van der Waals surface area contributed by atoms with Gasteiger partial charge in [0, 0.05) is 20.3 Å². The third-order valence-electron chi connectivity index (χ3n) is 3.93. The van der Waals surface area contributed by atoms with Crippen molar-refractivity contribution in [2.45, 2.75) is 11.3 Å². The minimum Gasteiger partial charge on any atom is -0.292 e. The third-order valence-corrected chi connectivity index (χ3v) is 5.10. The highest BCUT2D eigenvalue weighted by Crippen LogP contribution is 2.32. The van der Waals surface area contributed by atoms with E-state index in [0.29, 0.717) is 23.1 Å². The van der Waals surface area contributed by atoms with Crippen LogP contribution in [0, 0.1) is 3.57 Å². The molecule has 0 aromatic heterocycles. The fraction of sp³-hybridized carbons (Fsp3) is 0.100. The number of halogens is 2. The Kier molecular flexibility index (Phi) is 5.01. The summed E-state index contributed by atoms with van der Waals surface area (Å²) in [6.07, 6.45) is 5.32. The molecule has 1 aliphatic carbocycles. The zero-order valence-corrected chi connectivity index (χ0v) is 15.6. The number of carbonyl (C=O) groups is 2. The maximum atomic E-state index is 12.6. The predicted molar refractivity (Wildman–Crippen MR) is 105 cm³/mol. The topological polar surface area (TPSA) is 34.1 Å². The van der Waals surface area contributed by atoms with Gasteiger partial charge in [-0.25, -0.2) is 0 Å². The first kappa shape index (κ1) is 17.1. The molecule has 120 valence electrons. The van der Waals surface area contributed by atoms with E-state index in [-0.39, 0.29) is 11.6 Å². The first-order valence-corrected chi connectivity index (χ1v) is 8.94. The molecule has 2 aromatic carbocycles. The van der Waals surface area contributed by atoms with Crippen molar-refractivity contribution >= 4 is 45.8 Å². The number of ketones is 2. The lowest BCUT2D eigenvalue weighted by atomic mass is 9.87. The van der Waals surface area contributed by atoms with E-state index in [0.717, 1.165) is 3.57 Å². The largest absolute Gasteiger partial charge is 0.292 e. The lowest BCUT2D eigenvalue weighted by Gasteiger charge is -2.24. The monoisotopic (exact) mass is 448 g/mol. The van der Waals surface area contributed by atoms with E-state index in [9.17, 15) is 9.59 Å². The normalized spacial score (nSPS) is 19.7. The molecule has 1 aliphatic rings. The van der Waals surface area contributed by atoms with Crippen molar-refractivity contribution in [2.24, 2.45) is 0 Å². The Morgan fingerprint density at radius 2 is 1.62 bits per heavy atom. The summed E-state index contributed by atoms with van der Waals surface area (Å²) >= 11 is 8.70. The zero-order chi connectivity index (χ0) is 17.2. The van der Waals surface area contributed by atoms with Crippen molar-refractivity contribution < 1.29 is 9.59 Å². The molecule has 3 rings (SSSR count). The number of hydrogen-bond acceptors (Lipinski definition) is 2. The van der Waals surface area contributed by atoms with Crippen molar-refractivity contribution in [3.05, 3.63) is 93.1 Å². The zero-order valence-electron chi connectivity index (χ0n) is 12.7. The molecule has 0 saturated carbocycles. The summed E-state index contributed by atoms with van der Waals surface area (Å²) < 4.78 is 1.07. The van der Waals surface area contributed by atoms with Crippen molar-refractivity contribution in [2.75, 3.05) is 0 Å². The minimum absolute atomic E-state index is 0.0615. The molecule has 1 unspecified atom stereocenters. The summed E-state index contributed by atoms with van der Waals surface area (Å²) in [4.78, 5) is 24.0. The van der Waals surface area contributed by atoms with Crippen LogP contribution in [0.2, 0.25) is 0 Å². The second-order valence-electron chi connectivity index (χ2n) is 5.59. The molecule has 0 radical (unpaired) electrons. The number of alkyl halides is 1. The highest BCUT2D eigenvalue weighted by Gasteiger charge is 2.35. The second-order valence-corrected chi connectivity index (χ2v) is 7.51. The van der Waals surface area contributed by atoms with Crippen molar-refractivity contribution in [1.29, 1.82) is 0 Å². The summed E-state index contributed by atoms with van der Waals surface area (Å²) in [5, 5.41) is 0. The lowest BCUT2D eigenvalue weighted by molar-refractivity contribution is 0.0956. The van der Waals surface area contributed by atoms with E-state index in [2.05, 4.69) is 22.6 Å². The summed E-state index contributed by atoms with van der Waals surface area (Å²) in [6, 6.07) is 16.4. The van der Waals surface area contributed by atoms with Crippen LogP contribution in [0.25, 0.3) is 0 Å². The number of benzene rings is 2. The Labute approximate surface area is 159 Å². The van der Waals surface area contributed by atoms with E-state index in [1.54, 1.807) is 42.5 Å². The van der Waals surface area contributed by atoms with Crippen LogP contribution >= 0.6 is 34.2 Å². The molecule has 0 saturated heterocycles. The van der Waals surface area contributed by atoms with E-state index in [4.69, 9.17) is 11.6 Å². The van der Waals surface area contributed by atoms with Crippen LogP contribution in [0.4, 0.5) is 0 Å². The minimum atomic E-state index is -1.13. The van der Waals surface area contributed by atoms with Gasteiger partial charge in [0.1, 0.15) is 4.87 Å².